The van der Waals surface area contributed by atoms with Gasteiger partial charge in [0.15, 0.2) is 0 Å². The van der Waals surface area contributed by atoms with E-state index in [0.717, 1.165) is 0 Å². The van der Waals surface area contributed by atoms with E-state index >= 15 is 4.39 Å². The molecule has 0 bridgehead atoms. The molecule has 0 spiro atoms. The summed E-state index contributed by atoms with van der Waals surface area (Å²) in [5, 5.41) is 21.6. The van der Waals surface area contributed by atoms with Crippen molar-refractivity contribution in [1.29, 1.82) is 0 Å². The largest absolute Gasteiger partial charge is 0.435 e. The Bertz CT molecular complexity index is 1450. The number of para-hydroxylation sites is 1. The van der Waals surface area contributed by atoms with Crippen LogP contribution in [-0.4, -0.2) is 44.4 Å². The number of rotatable bonds is 5. The second-order valence-electron chi connectivity index (χ2n) is 9.44. The van der Waals surface area contributed by atoms with E-state index in [2.05, 4.69) is 9.97 Å². The normalized spacial score (nSPS) is 20.9. The Kier molecular flexibility index (Phi) is 5.89. The molecular formula is C27H24F3N3O4. The van der Waals surface area contributed by atoms with Gasteiger partial charge in [-0.15, -0.1) is 0 Å². The fourth-order valence-electron chi connectivity index (χ4n) is 5.39. The van der Waals surface area contributed by atoms with Crippen molar-refractivity contribution in [3.8, 4) is 16.9 Å². The standard InChI is InChI=1S/C27H24F3N3O4/c28-19-12-23-32-24-20(34)11-17(16-3-1-2-4-21(16)37-26(29)30)25(24)33(23)14-18(19)15-5-6-22(31-13-15)27(35)7-9-36-10-8-27/h1-6,12-14,17,20,26,34-35H,7-11H2/t17-,20-/m1/s1. The van der Waals surface area contributed by atoms with E-state index in [1.807, 2.05) is 0 Å². The molecule has 6 rings (SSSR count). The third kappa shape index (κ3) is 4.14. The van der Waals surface area contributed by atoms with Gasteiger partial charge in [-0.05, 0) is 18.6 Å². The van der Waals surface area contributed by atoms with Crippen LogP contribution >= 0.6 is 0 Å². The molecular weight excluding hydrogens is 487 g/mol. The number of ether oxygens (including phenoxy) is 2. The molecule has 1 saturated heterocycles. The molecule has 2 aliphatic rings. The predicted octanol–water partition coefficient (Wildman–Crippen LogP) is 4.70. The van der Waals surface area contributed by atoms with Gasteiger partial charge in [-0.25, -0.2) is 9.37 Å². The van der Waals surface area contributed by atoms with Gasteiger partial charge in [0, 0.05) is 67.1 Å². The number of aromatic nitrogens is 3. The van der Waals surface area contributed by atoms with E-state index in [-0.39, 0.29) is 17.7 Å². The minimum atomic E-state index is -3.00. The molecule has 4 heterocycles. The van der Waals surface area contributed by atoms with Gasteiger partial charge >= 0.3 is 6.61 Å². The van der Waals surface area contributed by atoms with Crippen LogP contribution in [-0.2, 0) is 10.3 Å². The van der Waals surface area contributed by atoms with Crippen LogP contribution in [0.15, 0.2) is 54.9 Å². The Morgan fingerprint density at radius 1 is 1.14 bits per heavy atom. The van der Waals surface area contributed by atoms with Gasteiger partial charge in [0.2, 0.25) is 0 Å². The van der Waals surface area contributed by atoms with Gasteiger partial charge in [-0.1, -0.05) is 24.3 Å². The van der Waals surface area contributed by atoms with Crippen LogP contribution in [0.3, 0.4) is 0 Å². The molecule has 1 aromatic carbocycles. The summed E-state index contributed by atoms with van der Waals surface area (Å²) < 4.78 is 53.1. The Hall–Kier alpha value is -3.47. The third-order valence-electron chi connectivity index (χ3n) is 7.26. The molecule has 0 unspecified atom stereocenters. The van der Waals surface area contributed by atoms with E-state index in [0.29, 0.717) is 59.9 Å². The van der Waals surface area contributed by atoms with E-state index in [9.17, 15) is 19.0 Å². The fraction of sp³-hybridized carbons (Fsp3) is 0.333. The van der Waals surface area contributed by atoms with Crippen LogP contribution in [0.4, 0.5) is 13.2 Å². The molecule has 3 aromatic heterocycles. The lowest BCUT2D eigenvalue weighted by atomic mass is 9.90. The van der Waals surface area contributed by atoms with Crippen molar-refractivity contribution >= 4 is 5.65 Å². The maximum atomic E-state index is 15.2. The molecule has 1 aliphatic carbocycles. The Morgan fingerprint density at radius 3 is 2.65 bits per heavy atom. The minimum absolute atomic E-state index is 0.0191. The number of aliphatic hydroxyl groups excluding tert-OH is 1. The van der Waals surface area contributed by atoms with Crippen LogP contribution in [0.5, 0.6) is 5.75 Å². The van der Waals surface area contributed by atoms with Crippen LogP contribution in [0.1, 0.15) is 53.9 Å². The first kappa shape index (κ1) is 23.9. The summed E-state index contributed by atoms with van der Waals surface area (Å²) in [4.78, 5) is 8.87. The number of halogens is 3. The lowest BCUT2D eigenvalue weighted by Crippen LogP contribution is -2.34. The number of fused-ring (bicyclic) bond motifs is 3. The number of hydrogen-bond donors (Lipinski definition) is 2. The summed E-state index contributed by atoms with van der Waals surface area (Å²) in [6.07, 6.45) is 3.25. The first-order chi connectivity index (χ1) is 17.8. The van der Waals surface area contributed by atoms with Crippen molar-refractivity contribution in [3.05, 3.63) is 83.3 Å². The van der Waals surface area contributed by atoms with Gasteiger partial charge in [-0.3, -0.25) is 4.98 Å². The Balaban J connectivity index is 1.42. The summed E-state index contributed by atoms with van der Waals surface area (Å²) in [6, 6.07) is 11.1. The van der Waals surface area contributed by atoms with Gasteiger partial charge < -0.3 is 24.1 Å². The third-order valence-corrected chi connectivity index (χ3v) is 7.26. The van der Waals surface area contributed by atoms with Crippen molar-refractivity contribution in [2.24, 2.45) is 0 Å². The van der Waals surface area contributed by atoms with Crippen molar-refractivity contribution in [3.63, 3.8) is 0 Å². The van der Waals surface area contributed by atoms with E-state index in [1.165, 1.54) is 18.3 Å². The SMILES string of the molecule is O[C@@H]1C[C@H](c2ccccc2OC(F)F)c2c1nc1cc(F)c(-c3ccc(C4(O)CCOCC4)nc3)cn21. The Labute approximate surface area is 210 Å². The topological polar surface area (TPSA) is 89.1 Å². The molecule has 0 radical (unpaired) electrons. The highest BCUT2D eigenvalue weighted by molar-refractivity contribution is 5.66. The monoisotopic (exact) mass is 511 g/mol. The van der Waals surface area contributed by atoms with Crippen LogP contribution < -0.4 is 4.74 Å². The molecule has 0 saturated carbocycles. The van der Waals surface area contributed by atoms with Crippen LogP contribution in [0.25, 0.3) is 16.8 Å². The zero-order chi connectivity index (χ0) is 25.7. The predicted molar refractivity (Wildman–Crippen MR) is 127 cm³/mol. The molecule has 2 atom stereocenters. The number of alkyl halides is 2. The molecule has 1 aliphatic heterocycles. The van der Waals surface area contributed by atoms with Gasteiger partial charge in [0.25, 0.3) is 0 Å². The first-order valence-corrected chi connectivity index (χ1v) is 12.0. The first-order valence-electron chi connectivity index (χ1n) is 12.0. The van der Waals surface area contributed by atoms with Crippen molar-refractivity contribution < 1.29 is 32.9 Å². The van der Waals surface area contributed by atoms with Crippen molar-refractivity contribution in [1.82, 2.24) is 14.4 Å². The highest BCUT2D eigenvalue weighted by Gasteiger charge is 2.38. The Morgan fingerprint density at radius 2 is 1.92 bits per heavy atom. The van der Waals surface area contributed by atoms with Crippen LogP contribution in [0, 0.1) is 5.82 Å². The quantitative estimate of drug-likeness (QED) is 0.404. The molecule has 0 amide bonds. The fourth-order valence-corrected chi connectivity index (χ4v) is 5.39. The molecule has 192 valence electrons. The lowest BCUT2D eigenvalue weighted by molar-refractivity contribution is -0.0705. The summed E-state index contributed by atoms with van der Waals surface area (Å²) >= 11 is 0. The molecule has 37 heavy (non-hydrogen) atoms. The number of benzene rings is 1. The minimum Gasteiger partial charge on any atom is -0.435 e. The highest BCUT2D eigenvalue weighted by Crippen LogP contribution is 2.47. The molecule has 10 heteroatoms. The van der Waals surface area contributed by atoms with Gasteiger partial charge in [0.1, 0.15) is 22.8 Å². The van der Waals surface area contributed by atoms with Gasteiger partial charge in [0.05, 0.1) is 23.2 Å². The molecule has 2 N–H and O–H groups in total. The molecule has 1 fully saturated rings. The number of aliphatic hydroxyl groups is 2. The summed E-state index contributed by atoms with van der Waals surface area (Å²) in [5.74, 6) is -0.995. The number of nitrogens with zero attached hydrogens (tertiary/aromatic N) is 3. The molecule has 4 aromatic rings. The average molecular weight is 512 g/mol. The molecule has 7 nitrogen and oxygen atoms in total. The van der Waals surface area contributed by atoms with Crippen LogP contribution in [0.2, 0.25) is 0 Å². The second-order valence-corrected chi connectivity index (χ2v) is 9.44. The second kappa shape index (κ2) is 9.13. The van der Waals surface area contributed by atoms with Crippen molar-refractivity contribution in [2.45, 2.75) is 43.5 Å². The highest BCUT2D eigenvalue weighted by atomic mass is 19.3. The average Bonchev–Trinajstić information content (AvgIpc) is 3.41. The maximum absolute atomic E-state index is 15.2. The van der Waals surface area contributed by atoms with E-state index in [1.54, 1.807) is 40.9 Å². The van der Waals surface area contributed by atoms with E-state index < -0.39 is 30.1 Å². The summed E-state index contributed by atoms with van der Waals surface area (Å²) in [6.45, 7) is -2.12. The van der Waals surface area contributed by atoms with E-state index in [4.69, 9.17) is 9.47 Å². The number of pyridine rings is 2. The number of imidazole rings is 1. The summed E-state index contributed by atoms with van der Waals surface area (Å²) in [7, 11) is 0. The maximum Gasteiger partial charge on any atom is 0.387 e. The summed E-state index contributed by atoms with van der Waals surface area (Å²) in [5.41, 5.74) is 1.93. The zero-order valence-electron chi connectivity index (χ0n) is 19.7. The van der Waals surface area contributed by atoms with Gasteiger partial charge in [-0.2, -0.15) is 8.78 Å². The van der Waals surface area contributed by atoms with Crippen molar-refractivity contribution in [2.75, 3.05) is 13.2 Å². The zero-order valence-corrected chi connectivity index (χ0v) is 19.7. The smallest absolute Gasteiger partial charge is 0.387 e. The number of hydrogen-bond acceptors (Lipinski definition) is 6. The lowest BCUT2D eigenvalue weighted by Gasteiger charge is -2.31.